The highest BCUT2D eigenvalue weighted by molar-refractivity contribution is 8.00. The fourth-order valence-electron chi connectivity index (χ4n) is 2.41. The monoisotopic (exact) mass is 331 g/mol. The third-order valence-corrected chi connectivity index (χ3v) is 6.51. The Morgan fingerprint density at radius 3 is 2.90 bits per heavy atom. The molecule has 1 atom stereocenters. The zero-order valence-electron chi connectivity index (χ0n) is 12.8. The lowest BCUT2D eigenvalue weighted by Gasteiger charge is -2.21. The molecule has 21 heavy (non-hydrogen) atoms. The lowest BCUT2D eigenvalue weighted by atomic mass is 10.2. The number of hydrogen-bond donors (Lipinski definition) is 2. The van der Waals surface area contributed by atoms with Crippen LogP contribution in [0.1, 0.15) is 31.9 Å². The Balaban J connectivity index is 1.98. The molecule has 1 aliphatic rings. The maximum Gasteiger partial charge on any atom is 0.242 e. The highest BCUT2D eigenvalue weighted by Crippen LogP contribution is 2.24. The second kappa shape index (κ2) is 7.67. The van der Waals surface area contributed by atoms with Crippen molar-refractivity contribution in [2.45, 2.75) is 42.9 Å². The van der Waals surface area contributed by atoms with Crippen LogP contribution in [0.15, 0.2) is 17.2 Å². The van der Waals surface area contributed by atoms with Gasteiger partial charge in [0.15, 0.2) is 0 Å². The fourth-order valence-corrected chi connectivity index (χ4v) is 4.93. The van der Waals surface area contributed by atoms with Gasteiger partial charge in [-0.05, 0) is 31.2 Å². The summed E-state index contributed by atoms with van der Waals surface area (Å²) < 4.78 is 29.3. The van der Waals surface area contributed by atoms with Crippen molar-refractivity contribution in [3.63, 3.8) is 0 Å². The predicted octanol–water partition coefficient (Wildman–Crippen LogP) is 1.70. The number of aryl methyl sites for hydroxylation is 1. The van der Waals surface area contributed by atoms with Crippen molar-refractivity contribution in [2.24, 2.45) is 7.05 Å². The van der Waals surface area contributed by atoms with Crippen LogP contribution >= 0.6 is 11.8 Å². The number of aromatic nitrogens is 1. The molecule has 1 fully saturated rings. The number of thioether (sulfide) groups is 1. The van der Waals surface area contributed by atoms with Crippen LogP contribution in [0.5, 0.6) is 0 Å². The summed E-state index contributed by atoms with van der Waals surface area (Å²) in [6.45, 7) is 4.11. The Labute approximate surface area is 131 Å². The average Bonchev–Trinajstić information content (AvgIpc) is 2.86. The van der Waals surface area contributed by atoms with Gasteiger partial charge in [-0.1, -0.05) is 13.3 Å². The Hall–Kier alpha value is -0.500. The molecule has 2 rings (SSSR count). The van der Waals surface area contributed by atoms with E-state index in [1.165, 1.54) is 12.8 Å². The van der Waals surface area contributed by atoms with Gasteiger partial charge in [0.05, 0.1) is 4.90 Å². The van der Waals surface area contributed by atoms with Gasteiger partial charge >= 0.3 is 0 Å². The maximum atomic E-state index is 12.4. The van der Waals surface area contributed by atoms with Crippen LogP contribution in [0, 0.1) is 0 Å². The predicted molar refractivity (Wildman–Crippen MR) is 88.1 cm³/mol. The maximum absolute atomic E-state index is 12.4. The quantitative estimate of drug-likeness (QED) is 0.798. The SMILES string of the molecule is CCNCc1cc(S(=O)(=O)NCC2CCCCS2)cn1C. The Morgan fingerprint density at radius 2 is 2.24 bits per heavy atom. The van der Waals surface area contributed by atoms with Gasteiger partial charge in [0.2, 0.25) is 10.0 Å². The summed E-state index contributed by atoms with van der Waals surface area (Å²) in [5, 5.41) is 3.63. The zero-order valence-corrected chi connectivity index (χ0v) is 14.4. The normalized spacial score (nSPS) is 19.8. The summed E-state index contributed by atoms with van der Waals surface area (Å²) in [5.41, 5.74) is 0.976. The summed E-state index contributed by atoms with van der Waals surface area (Å²) >= 11 is 1.88. The second-order valence-corrected chi connectivity index (χ2v) is 8.57. The number of hydrogen-bond acceptors (Lipinski definition) is 4. The summed E-state index contributed by atoms with van der Waals surface area (Å²) in [6, 6.07) is 1.75. The molecular weight excluding hydrogens is 306 g/mol. The van der Waals surface area contributed by atoms with Crippen LogP contribution in [-0.2, 0) is 23.6 Å². The van der Waals surface area contributed by atoms with Crippen molar-refractivity contribution >= 4 is 21.8 Å². The molecule has 2 N–H and O–H groups in total. The molecule has 0 bridgehead atoms. The third kappa shape index (κ3) is 4.74. The minimum Gasteiger partial charge on any atom is -0.352 e. The van der Waals surface area contributed by atoms with E-state index in [0.29, 0.717) is 23.2 Å². The van der Waals surface area contributed by atoms with Gasteiger partial charge < -0.3 is 9.88 Å². The van der Waals surface area contributed by atoms with Gasteiger partial charge in [-0.15, -0.1) is 0 Å². The highest BCUT2D eigenvalue weighted by Gasteiger charge is 2.20. The zero-order chi connectivity index (χ0) is 15.3. The standard InChI is InChI=1S/C14H25N3O2S2/c1-3-15-9-12-8-14(11-17(12)2)21(18,19)16-10-13-6-4-5-7-20-13/h8,11,13,15-16H,3-7,9-10H2,1-2H3. The molecule has 0 saturated carbocycles. The molecule has 1 saturated heterocycles. The average molecular weight is 332 g/mol. The van der Waals surface area contributed by atoms with Crippen molar-refractivity contribution in [1.82, 2.24) is 14.6 Å². The summed E-state index contributed by atoms with van der Waals surface area (Å²) in [4.78, 5) is 0.360. The third-order valence-electron chi connectivity index (χ3n) is 3.72. The van der Waals surface area contributed by atoms with Crippen molar-refractivity contribution in [3.8, 4) is 0 Å². The molecule has 1 aromatic heterocycles. The molecule has 1 aliphatic heterocycles. The van der Waals surface area contributed by atoms with E-state index >= 15 is 0 Å². The molecule has 0 aliphatic carbocycles. The Morgan fingerprint density at radius 1 is 1.43 bits per heavy atom. The van der Waals surface area contributed by atoms with Crippen molar-refractivity contribution in [2.75, 3.05) is 18.8 Å². The molecular formula is C14H25N3O2S2. The number of sulfonamides is 1. The minimum atomic E-state index is -3.40. The summed E-state index contributed by atoms with van der Waals surface area (Å²) in [5.74, 6) is 1.14. The smallest absolute Gasteiger partial charge is 0.242 e. The summed E-state index contributed by atoms with van der Waals surface area (Å²) in [6.07, 6.45) is 5.24. The van der Waals surface area contributed by atoms with Gasteiger partial charge in [0, 0.05) is 37.3 Å². The first-order chi connectivity index (χ1) is 10.0. The van der Waals surface area contributed by atoms with Crippen LogP contribution in [0.3, 0.4) is 0 Å². The molecule has 0 radical (unpaired) electrons. The first-order valence-corrected chi connectivity index (χ1v) is 10.0. The van der Waals surface area contributed by atoms with E-state index < -0.39 is 10.0 Å². The molecule has 0 spiro atoms. The van der Waals surface area contributed by atoms with Crippen molar-refractivity contribution < 1.29 is 8.42 Å². The lowest BCUT2D eigenvalue weighted by Crippen LogP contribution is -2.31. The Kier molecular flexibility index (Phi) is 6.16. The van der Waals surface area contributed by atoms with E-state index in [-0.39, 0.29) is 0 Å². The first-order valence-electron chi connectivity index (χ1n) is 7.50. The first kappa shape index (κ1) is 16.9. The highest BCUT2D eigenvalue weighted by atomic mass is 32.2. The van der Waals surface area contributed by atoms with E-state index in [2.05, 4.69) is 10.0 Å². The number of nitrogens with one attached hydrogen (secondary N) is 2. The van der Waals surface area contributed by atoms with Crippen LogP contribution in [0.25, 0.3) is 0 Å². The minimum absolute atomic E-state index is 0.360. The molecule has 0 aromatic carbocycles. The molecule has 0 amide bonds. The Bertz CT molecular complexity index is 549. The second-order valence-electron chi connectivity index (χ2n) is 5.40. The lowest BCUT2D eigenvalue weighted by molar-refractivity contribution is 0.573. The molecule has 1 unspecified atom stereocenters. The van der Waals surface area contributed by atoms with E-state index in [1.54, 1.807) is 12.3 Å². The molecule has 7 heteroatoms. The van der Waals surface area contributed by atoms with Crippen LogP contribution in [0.4, 0.5) is 0 Å². The molecule has 5 nitrogen and oxygen atoms in total. The van der Waals surface area contributed by atoms with Crippen LogP contribution in [-0.4, -0.2) is 37.1 Å². The van der Waals surface area contributed by atoms with Crippen LogP contribution < -0.4 is 10.0 Å². The number of rotatable bonds is 7. The molecule has 2 heterocycles. The van der Waals surface area contributed by atoms with Gasteiger partial charge in [0.25, 0.3) is 0 Å². The van der Waals surface area contributed by atoms with Gasteiger partial charge in [-0.2, -0.15) is 11.8 Å². The van der Waals surface area contributed by atoms with Gasteiger partial charge in [-0.25, -0.2) is 13.1 Å². The fraction of sp³-hybridized carbons (Fsp3) is 0.714. The van der Waals surface area contributed by atoms with E-state index in [4.69, 9.17) is 0 Å². The van der Waals surface area contributed by atoms with Gasteiger partial charge in [0.1, 0.15) is 0 Å². The molecule has 1 aromatic rings. The van der Waals surface area contributed by atoms with E-state index in [1.807, 2.05) is 30.3 Å². The summed E-state index contributed by atoms with van der Waals surface area (Å²) in [7, 11) is -1.52. The van der Waals surface area contributed by atoms with E-state index in [9.17, 15) is 8.42 Å². The largest absolute Gasteiger partial charge is 0.352 e. The van der Waals surface area contributed by atoms with Crippen LogP contribution in [0.2, 0.25) is 0 Å². The van der Waals surface area contributed by atoms with E-state index in [0.717, 1.165) is 24.4 Å². The van der Waals surface area contributed by atoms with Crippen molar-refractivity contribution in [1.29, 1.82) is 0 Å². The molecule has 120 valence electrons. The topological polar surface area (TPSA) is 63.1 Å². The number of nitrogens with zero attached hydrogens (tertiary/aromatic N) is 1. The van der Waals surface area contributed by atoms with Crippen molar-refractivity contribution in [3.05, 3.63) is 18.0 Å². The van der Waals surface area contributed by atoms with Gasteiger partial charge in [-0.3, -0.25) is 0 Å².